The van der Waals surface area contributed by atoms with Gasteiger partial charge in [0.15, 0.2) is 6.23 Å². The number of aromatic nitrogens is 1. The van der Waals surface area contributed by atoms with Crippen molar-refractivity contribution in [3.05, 3.63) is 58.3 Å². The summed E-state index contributed by atoms with van der Waals surface area (Å²) in [6.07, 6.45) is 4.85. The van der Waals surface area contributed by atoms with Crippen LogP contribution in [-0.4, -0.2) is 40.4 Å². The van der Waals surface area contributed by atoms with Crippen LogP contribution < -0.4 is 15.4 Å². The first kappa shape index (κ1) is 21.0. The van der Waals surface area contributed by atoms with Crippen molar-refractivity contribution < 1.29 is 14.8 Å². The Morgan fingerprint density at radius 1 is 1.24 bits per heavy atom. The maximum atomic E-state index is 10.7. The molecule has 2 atom stereocenters. The molecule has 2 aromatic rings. The van der Waals surface area contributed by atoms with E-state index in [4.69, 9.17) is 4.74 Å². The number of hydrogen-bond donors (Lipinski definition) is 3. The lowest BCUT2D eigenvalue weighted by Crippen LogP contribution is -2.45. The summed E-state index contributed by atoms with van der Waals surface area (Å²) >= 11 is 0. The van der Waals surface area contributed by atoms with E-state index in [2.05, 4.69) is 21.7 Å². The minimum atomic E-state index is -0.691. The predicted octanol–water partition coefficient (Wildman–Crippen LogP) is 3.43. The lowest BCUT2D eigenvalue weighted by atomic mass is 9.97. The van der Waals surface area contributed by atoms with E-state index in [9.17, 15) is 15.2 Å². The fourth-order valence-corrected chi connectivity index (χ4v) is 3.61. The van der Waals surface area contributed by atoms with Crippen LogP contribution in [0.3, 0.4) is 0 Å². The number of benzene rings is 1. The molecule has 29 heavy (non-hydrogen) atoms. The van der Waals surface area contributed by atoms with Crippen molar-refractivity contribution in [2.45, 2.75) is 50.9 Å². The van der Waals surface area contributed by atoms with Gasteiger partial charge in [-0.15, -0.1) is 0 Å². The second kappa shape index (κ2) is 10.2. The van der Waals surface area contributed by atoms with Gasteiger partial charge in [0.05, 0.1) is 4.92 Å². The van der Waals surface area contributed by atoms with Crippen LogP contribution in [0.1, 0.15) is 44.1 Å². The average molecular weight is 400 g/mol. The third-order valence-electron chi connectivity index (χ3n) is 5.14. The lowest BCUT2D eigenvalue weighted by molar-refractivity contribution is -0.385. The third kappa shape index (κ3) is 5.88. The zero-order chi connectivity index (χ0) is 20.6. The lowest BCUT2D eigenvalue weighted by Gasteiger charge is -2.25. The van der Waals surface area contributed by atoms with E-state index >= 15 is 0 Å². The Kier molecular flexibility index (Phi) is 7.37. The molecule has 1 heterocycles. The number of rotatable bonds is 10. The summed E-state index contributed by atoms with van der Waals surface area (Å²) in [4.78, 5) is 14.2. The second-order valence-corrected chi connectivity index (χ2v) is 7.34. The van der Waals surface area contributed by atoms with Crippen LogP contribution in [0.4, 0.5) is 11.5 Å². The molecule has 3 N–H and O–H groups in total. The Labute approximate surface area is 170 Å². The molecule has 0 saturated heterocycles. The van der Waals surface area contributed by atoms with Crippen LogP contribution in [0.15, 0.2) is 42.6 Å². The molecular weight excluding hydrogens is 372 g/mol. The molecular formula is C21H28N4O4. The van der Waals surface area contributed by atoms with Crippen molar-refractivity contribution in [3.63, 3.8) is 0 Å². The highest BCUT2D eigenvalue weighted by Crippen LogP contribution is 2.38. The monoisotopic (exact) mass is 400 g/mol. The molecule has 0 radical (unpaired) electrons. The molecule has 1 aromatic carbocycles. The van der Waals surface area contributed by atoms with E-state index in [1.165, 1.54) is 43.5 Å². The van der Waals surface area contributed by atoms with E-state index < -0.39 is 17.3 Å². The molecule has 1 fully saturated rings. The summed E-state index contributed by atoms with van der Waals surface area (Å²) in [5, 5.41) is 27.1. The number of anilines is 1. The number of nitrogens with zero attached hydrogens (tertiary/aromatic N) is 2. The first-order valence-electron chi connectivity index (χ1n) is 10.1. The largest absolute Gasteiger partial charge is 0.472 e. The van der Waals surface area contributed by atoms with Crippen molar-refractivity contribution in [1.82, 2.24) is 10.3 Å². The molecule has 1 aliphatic rings. The van der Waals surface area contributed by atoms with Gasteiger partial charge in [0.2, 0.25) is 0 Å². The fourth-order valence-electron chi connectivity index (χ4n) is 3.61. The van der Waals surface area contributed by atoms with Gasteiger partial charge >= 0.3 is 0 Å². The van der Waals surface area contributed by atoms with Crippen molar-refractivity contribution in [3.8, 4) is 5.75 Å². The normalized spacial score (nSPS) is 16.3. The number of aliphatic hydroxyl groups excluding tert-OH is 1. The molecule has 1 aliphatic carbocycles. The minimum absolute atomic E-state index is 0.0443. The van der Waals surface area contributed by atoms with E-state index in [0.29, 0.717) is 24.8 Å². The third-order valence-corrected chi connectivity index (χ3v) is 5.14. The van der Waals surface area contributed by atoms with Crippen LogP contribution in [0.25, 0.3) is 0 Å². The number of nitro groups is 1. The van der Waals surface area contributed by atoms with Gasteiger partial charge in [0.1, 0.15) is 23.9 Å². The maximum absolute atomic E-state index is 10.7. The van der Waals surface area contributed by atoms with Crippen LogP contribution in [0, 0.1) is 10.1 Å². The van der Waals surface area contributed by atoms with E-state index in [1.54, 1.807) is 13.0 Å². The topological polar surface area (TPSA) is 110 Å². The molecule has 1 aromatic heterocycles. The van der Waals surface area contributed by atoms with Gasteiger partial charge in [-0.1, -0.05) is 31.0 Å². The highest BCUT2D eigenvalue weighted by molar-refractivity contribution is 5.40. The van der Waals surface area contributed by atoms with E-state index in [0.717, 1.165) is 5.75 Å². The highest BCUT2D eigenvalue weighted by atomic mass is 16.6. The summed E-state index contributed by atoms with van der Waals surface area (Å²) in [5.41, 5.74) is 1.17. The molecule has 0 spiro atoms. The maximum Gasteiger partial charge on any atom is 0.287 e. The zero-order valence-corrected chi connectivity index (χ0v) is 16.6. The van der Waals surface area contributed by atoms with E-state index in [1.807, 2.05) is 18.2 Å². The minimum Gasteiger partial charge on any atom is -0.472 e. The highest BCUT2D eigenvalue weighted by Gasteiger charge is 2.23. The van der Waals surface area contributed by atoms with Gasteiger partial charge in [0, 0.05) is 19.2 Å². The second-order valence-electron chi connectivity index (χ2n) is 7.34. The van der Waals surface area contributed by atoms with Crippen molar-refractivity contribution in [2.75, 3.05) is 18.4 Å². The summed E-state index contributed by atoms with van der Waals surface area (Å²) in [7, 11) is 0. The van der Waals surface area contributed by atoms with Gasteiger partial charge in [0.25, 0.3) is 5.69 Å². The van der Waals surface area contributed by atoms with Crippen molar-refractivity contribution in [1.29, 1.82) is 0 Å². The standard InChI is InChI=1S/C21H28N4O4/c1-15(26)21(23-13-12-22-20-11-10-17(14-24-20)25(27)28)29-19-9-5-4-8-18(19)16-6-2-3-7-16/h4-5,8-11,14-16,21,23,26H,2-3,6-7,12-13H2,1H3,(H,22,24). The average Bonchev–Trinajstić information content (AvgIpc) is 3.25. The number of ether oxygens (including phenoxy) is 1. The molecule has 8 heteroatoms. The summed E-state index contributed by atoms with van der Waals surface area (Å²) in [5.74, 6) is 1.90. The molecule has 0 aliphatic heterocycles. The SMILES string of the molecule is CC(O)C(NCCNc1ccc([N+](=O)[O-])cn1)Oc1ccccc1C1CCCC1. The predicted molar refractivity (Wildman–Crippen MR) is 111 cm³/mol. The van der Waals surface area contributed by atoms with Crippen LogP contribution in [0.5, 0.6) is 5.75 Å². The van der Waals surface area contributed by atoms with Gasteiger partial charge in [-0.2, -0.15) is 0 Å². The Bertz CT molecular complexity index is 792. The molecule has 8 nitrogen and oxygen atoms in total. The van der Waals surface area contributed by atoms with Crippen molar-refractivity contribution >= 4 is 11.5 Å². The fraction of sp³-hybridized carbons (Fsp3) is 0.476. The zero-order valence-electron chi connectivity index (χ0n) is 16.6. The van der Waals surface area contributed by atoms with Crippen molar-refractivity contribution in [2.24, 2.45) is 0 Å². The first-order valence-corrected chi connectivity index (χ1v) is 10.1. The van der Waals surface area contributed by atoms with Crippen LogP contribution in [0.2, 0.25) is 0 Å². The molecule has 0 amide bonds. The first-order chi connectivity index (χ1) is 14.0. The number of aliphatic hydroxyl groups is 1. The van der Waals surface area contributed by atoms with E-state index in [-0.39, 0.29) is 5.69 Å². The smallest absolute Gasteiger partial charge is 0.287 e. The quantitative estimate of drug-likeness (QED) is 0.243. The number of para-hydroxylation sites is 1. The molecule has 2 unspecified atom stereocenters. The molecule has 3 rings (SSSR count). The van der Waals surface area contributed by atoms with Crippen LogP contribution >= 0.6 is 0 Å². The Morgan fingerprint density at radius 2 is 2.00 bits per heavy atom. The number of nitrogens with one attached hydrogen (secondary N) is 2. The Morgan fingerprint density at radius 3 is 2.66 bits per heavy atom. The van der Waals surface area contributed by atoms with Gasteiger partial charge in [-0.3, -0.25) is 15.4 Å². The summed E-state index contributed by atoms with van der Waals surface area (Å²) in [6.45, 7) is 2.75. The van der Waals surface area contributed by atoms with Gasteiger partial charge in [-0.25, -0.2) is 4.98 Å². The molecule has 0 bridgehead atoms. The Hall–Kier alpha value is -2.71. The summed E-state index contributed by atoms with van der Waals surface area (Å²) < 4.78 is 6.13. The number of pyridine rings is 1. The molecule has 1 saturated carbocycles. The Balaban J connectivity index is 1.52. The number of hydrogen-bond acceptors (Lipinski definition) is 7. The van der Waals surface area contributed by atoms with Crippen LogP contribution in [-0.2, 0) is 0 Å². The van der Waals surface area contributed by atoms with Gasteiger partial charge in [-0.05, 0) is 43.4 Å². The van der Waals surface area contributed by atoms with Gasteiger partial charge < -0.3 is 15.2 Å². The molecule has 156 valence electrons. The summed E-state index contributed by atoms with van der Waals surface area (Å²) in [6, 6.07) is 11.0.